The van der Waals surface area contributed by atoms with E-state index in [0.717, 1.165) is 27.6 Å². The van der Waals surface area contributed by atoms with Crippen LogP contribution >= 0.6 is 11.6 Å². The van der Waals surface area contributed by atoms with Gasteiger partial charge in [0.15, 0.2) is 0 Å². The van der Waals surface area contributed by atoms with Crippen LogP contribution in [0.5, 0.6) is 0 Å². The molecule has 1 unspecified atom stereocenters. The van der Waals surface area contributed by atoms with E-state index in [1.165, 1.54) is 12.1 Å². The zero-order chi connectivity index (χ0) is 21.3. The van der Waals surface area contributed by atoms with Crippen molar-refractivity contribution in [3.05, 3.63) is 94.8 Å². The molecule has 30 heavy (non-hydrogen) atoms. The third kappa shape index (κ3) is 3.96. The van der Waals surface area contributed by atoms with Crippen LogP contribution in [0.4, 0.5) is 10.1 Å². The number of amides is 1. The first kappa shape index (κ1) is 20.5. The van der Waals surface area contributed by atoms with Crippen molar-refractivity contribution in [1.29, 1.82) is 0 Å². The minimum atomic E-state index is -4.05. The molecule has 1 aliphatic rings. The molecule has 1 atom stereocenters. The molecule has 1 amide bonds. The number of hydrogen-bond donors (Lipinski definition) is 1. The summed E-state index contributed by atoms with van der Waals surface area (Å²) >= 11 is 6.14. The van der Waals surface area contributed by atoms with Crippen LogP contribution in [-0.2, 0) is 27.8 Å². The third-order valence-electron chi connectivity index (χ3n) is 5.06. The second kappa shape index (κ2) is 8.18. The molecule has 1 N–H and O–H groups in total. The van der Waals surface area contributed by atoms with E-state index in [0.29, 0.717) is 10.7 Å². The Morgan fingerprint density at radius 3 is 2.30 bits per heavy atom. The monoisotopic (exact) mass is 444 g/mol. The second-order valence-electron chi connectivity index (χ2n) is 6.96. The minimum Gasteiger partial charge on any atom is -0.323 e. The molecule has 4 rings (SSSR count). The number of benzene rings is 3. The summed E-state index contributed by atoms with van der Waals surface area (Å²) in [6.07, 6.45) is 0.215. The first-order valence-electron chi connectivity index (χ1n) is 9.26. The smallest absolute Gasteiger partial charge is 0.244 e. The molecule has 3 aromatic rings. The highest BCUT2D eigenvalue weighted by molar-refractivity contribution is 7.89. The molecule has 1 heterocycles. The van der Waals surface area contributed by atoms with Crippen molar-refractivity contribution in [1.82, 2.24) is 4.31 Å². The van der Waals surface area contributed by atoms with Crippen molar-refractivity contribution in [2.24, 2.45) is 0 Å². The minimum absolute atomic E-state index is 0.0382. The molecule has 0 bridgehead atoms. The van der Waals surface area contributed by atoms with Gasteiger partial charge in [0.05, 0.1) is 15.6 Å². The summed E-state index contributed by atoms with van der Waals surface area (Å²) in [5.74, 6) is -1.02. The van der Waals surface area contributed by atoms with Gasteiger partial charge in [-0.3, -0.25) is 4.79 Å². The number of fused-ring (bicyclic) bond motifs is 1. The maximum Gasteiger partial charge on any atom is 0.244 e. The van der Waals surface area contributed by atoms with Crippen molar-refractivity contribution >= 4 is 33.2 Å². The highest BCUT2D eigenvalue weighted by atomic mass is 35.5. The SMILES string of the molecule is O=C(Nc1ccccc1Cl)C1Cc2ccccc2CN1S(=O)(=O)c1ccc(F)cc1. The van der Waals surface area contributed by atoms with E-state index < -0.39 is 27.8 Å². The summed E-state index contributed by atoms with van der Waals surface area (Å²) in [5.41, 5.74) is 2.13. The molecule has 0 fully saturated rings. The first-order chi connectivity index (χ1) is 14.4. The third-order valence-corrected chi connectivity index (χ3v) is 7.26. The molecular weight excluding hydrogens is 427 g/mol. The van der Waals surface area contributed by atoms with Crippen molar-refractivity contribution in [2.75, 3.05) is 5.32 Å². The van der Waals surface area contributed by atoms with Crippen molar-refractivity contribution in [2.45, 2.75) is 23.9 Å². The molecule has 0 radical (unpaired) electrons. The van der Waals surface area contributed by atoms with E-state index in [1.54, 1.807) is 24.3 Å². The van der Waals surface area contributed by atoms with Gasteiger partial charge in [-0.25, -0.2) is 12.8 Å². The molecule has 0 aliphatic carbocycles. The Morgan fingerprint density at radius 1 is 0.967 bits per heavy atom. The Hall–Kier alpha value is -2.74. The number of anilines is 1. The van der Waals surface area contributed by atoms with Crippen LogP contribution in [0, 0.1) is 5.82 Å². The van der Waals surface area contributed by atoms with Crippen molar-refractivity contribution in [3.8, 4) is 0 Å². The van der Waals surface area contributed by atoms with E-state index in [4.69, 9.17) is 11.6 Å². The van der Waals surface area contributed by atoms with E-state index in [9.17, 15) is 17.6 Å². The number of para-hydroxylation sites is 1. The highest BCUT2D eigenvalue weighted by Crippen LogP contribution is 2.30. The molecule has 8 heteroatoms. The van der Waals surface area contributed by atoms with E-state index in [1.807, 2.05) is 24.3 Å². The van der Waals surface area contributed by atoms with Crippen LogP contribution in [0.3, 0.4) is 0 Å². The number of halogens is 2. The molecule has 5 nitrogen and oxygen atoms in total. The van der Waals surface area contributed by atoms with Gasteiger partial charge in [-0.05, 0) is 53.9 Å². The summed E-state index contributed by atoms with van der Waals surface area (Å²) < 4.78 is 41.2. The number of carbonyl (C=O) groups is 1. The molecule has 3 aromatic carbocycles. The number of carbonyl (C=O) groups excluding carboxylic acids is 1. The lowest BCUT2D eigenvalue weighted by molar-refractivity contribution is -0.120. The largest absolute Gasteiger partial charge is 0.323 e. The molecule has 0 spiro atoms. The van der Waals surface area contributed by atoms with Crippen LogP contribution in [0.15, 0.2) is 77.7 Å². The van der Waals surface area contributed by atoms with Gasteiger partial charge in [-0.1, -0.05) is 48.0 Å². The number of nitrogens with one attached hydrogen (secondary N) is 1. The van der Waals surface area contributed by atoms with Gasteiger partial charge >= 0.3 is 0 Å². The van der Waals surface area contributed by atoms with Crippen LogP contribution < -0.4 is 5.32 Å². The van der Waals surface area contributed by atoms with Crippen LogP contribution in [0.2, 0.25) is 5.02 Å². The fourth-order valence-corrected chi connectivity index (χ4v) is 5.24. The Balaban J connectivity index is 1.73. The van der Waals surface area contributed by atoms with Gasteiger partial charge in [0, 0.05) is 6.54 Å². The lowest BCUT2D eigenvalue weighted by Gasteiger charge is -2.35. The number of sulfonamides is 1. The first-order valence-corrected chi connectivity index (χ1v) is 11.1. The zero-order valence-electron chi connectivity index (χ0n) is 15.8. The van der Waals surface area contributed by atoms with Crippen LogP contribution in [-0.4, -0.2) is 24.7 Å². The molecule has 0 saturated heterocycles. The van der Waals surface area contributed by atoms with Gasteiger partial charge in [-0.15, -0.1) is 0 Å². The van der Waals surface area contributed by atoms with Crippen molar-refractivity contribution in [3.63, 3.8) is 0 Å². The summed E-state index contributed by atoms with van der Waals surface area (Å²) in [5, 5.41) is 3.09. The maximum atomic E-state index is 13.3. The van der Waals surface area contributed by atoms with Gasteiger partial charge in [0.2, 0.25) is 15.9 Å². The average Bonchev–Trinajstić information content (AvgIpc) is 2.74. The lowest BCUT2D eigenvalue weighted by atomic mass is 9.95. The van der Waals surface area contributed by atoms with E-state index in [2.05, 4.69) is 5.32 Å². The summed E-state index contributed by atoms with van der Waals surface area (Å²) in [4.78, 5) is 13.1. The number of nitrogens with zero attached hydrogens (tertiary/aromatic N) is 1. The Morgan fingerprint density at radius 2 is 1.60 bits per heavy atom. The molecular formula is C22H18ClFN2O3S. The topological polar surface area (TPSA) is 66.5 Å². The van der Waals surface area contributed by atoms with Gasteiger partial charge in [0.1, 0.15) is 11.9 Å². The Labute approximate surface area is 179 Å². The predicted octanol–water partition coefficient (Wildman–Crippen LogP) is 4.23. The average molecular weight is 445 g/mol. The van der Waals surface area contributed by atoms with Gasteiger partial charge in [0.25, 0.3) is 0 Å². The second-order valence-corrected chi connectivity index (χ2v) is 9.26. The normalized spacial score (nSPS) is 16.7. The van der Waals surface area contributed by atoms with Gasteiger partial charge < -0.3 is 5.32 Å². The van der Waals surface area contributed by atoms with Crippen molar-refractivity contribution < 1.29 is 17.6 Å². The Kier molecular flexibility index (Phi) is 5.60. The standard InChI is InChI=1S/C22H18ClFN2O3S/c23-19-7-3-4-8-20(19)25-22(27)21-13-15-5-1-2-6-16(15)14-26(21)30(28,29)18-11-9-17(24)10-12-18/h1-12,21H,13-14H2,(H,25,27). The van der Waals surface area contributed by atoms with Crippen LogP contribution in [0.1, 0.15) is 11.1 Å². The summed E-state index contributed by atoms with van der Waals surface area (Å²) in [6.45, 7) is 0.0382. The zero-order valence-corrected chi connectivity index (χ0v) is 17.3. The highest BCUT2D eigenvalue weighted by Gasteiger charge is 2.39. The van der Waals surface area contributed by atoms with E-state index in [-0.39, 0.29) is 17.9 Å². The number of rotatable bonds is 4. The lowest BCUT2D eigenvalue weighted by Crippen LogP contribution is -2.50. The van der Waals surface area contributed by atoms with Gasteiger partial charge in [-0.2, -0.15) is 4.31 Å². The molecule has 0 aromatic heterocycles. The molecule has 0 saturated carbocycles. The maximum absolute atomic E-state index is 13.3. The predicted molar refractivity (Wildman–Crippen MR) is 113 cm³/mol. The summed E-state index contributed by atoms with van der Waals surface area (Å²) in [6, 6.07) is 17.7. The fraction of sp³-hybridized carbons (Fsp3) is 0.136. The Bertz CT molecular complexity index is 1200. The summed E-state index contributed by atoms with van der Waals surface area (Å²) in [7, 11) is -4.05. The number of hydrogen-bond acceptors (Lipinski definition) is 3. The van der Waals surface area contributed by atoms with Crippen LogP contribution in [0.25, 0.3) is 0 Å². The van der Waals surface area contributed by atoms with E-state index >= 15 is 0 Å². The molecule has 154 valence electrons. The molecule has 1 aliphatic heterocycles. The quantitative estimate of drug-likeness (QED) is 0.654. The fourth-order valence-electron chi connectivity index (χ4n) is 3.50.